The standard InChI is InChI=1S/C25H23BrCl3F3N2O3/c1-37-10-2-9-33-23(36)24(7-8-24)34-22(35)16-5-3-14(11-18(16)26)4-6-17(25(30,31)32)15-12-19(27)21(29)20(28)13-15/h3-6,11-13,17H,2,7-10H2,1H3,(H,33,36)(H,34,35)/b6-4+. The van der Waals surface area contributed by atoms with Gasteiger partial charge in [0.1, 0.15) is 5.54 Å². The van der Waals surface area contributed by atoms with Crippen molar-refractivity contribution in [1.82, 2.24) is 10.6 Å². The van der Waals surface area contributed by atoms with Gasteiger partial charge in [0.2, 0.25) is 5.91 Å². The van der Waals surface area contributed by atoms with E-state index in [2.05, 4.69) is 26.6 Å². The molecule has 0 bridgehead atoms. The fourth-order valence-corrected chi connectivity index (χ4v) is 4.79. The maximum absolute atomic E-state index is 13.8. The maximum atomic E-state index is 13.8. The SMILES string of the molecule is COCCCNC(=O)C1(NC(=O)c2ccc(/C=C/C(c3cc(Cl)c(Cl)c(Cl)c3)C(F)(F)F)cc2Br)CC1. The zero-order chi connectivity index (χ0) is 27.4. The van der Waals surface area contributed by atoms with E-state index in [-0.39, 0.29) is 32.1 Å². The van der Waals surface area contributed by atoms with E-state index in [1.807, 2.05) is 0 Å². The van der Waals surface area contributed by atoms with Crippen molar-refractivity contribution in [2.45, 2.75) is 36.9 Å². The van der Waals surface area contributed by atoms with E-state index in [0.29, 0.717) is 42.5 Å². The molecule has 0 spiro atoms. The van der Waals surface area contributed by atoms with Crippen molar-refractivity contribution in [2.75, 3.05) is 20.3 Å². The third-order valence-electron chi connectivity index (χ3n) is 5.79. The third kappa shape index (κ3) is 7.63. The molecular formula is C25H23BrCl3F3N2O3. The van der Waals surface area contributed by atoms with Crippen LogP contribution in [0.2, 0.25) is 15.1 Å². The Hall–Kier alpha value is -1.78. The summed E-state index contributed by atoms with van der Waals surface area (Å²) in [6, 6.07) is 6.76. The Morgan fingerprint density at radius 2 is 1.81 bits per heavy atom. The van der Waals surface area contributed by atoms with Gasteiger partial charge in [-0.2, -0.15) is 13.2 Å². The molecule has 0 heterocycles. The lowest BCUT2D eigenvalue weighted by Crippen LogP contribution is -2.49. The van der Waals surface area contributed by atoms with Gasteiger partial charge in [0.15, 0.2) is 0 Å². The zero-order valence-corrected chi connectivity index (χ0v) is 23.4. The first-order valence-electron chi connectivity index (χ1n) is 11.2. The maximum Gasteiger partial charge on any atom is 0.399 e. The molecule has 5 nitrogen and oxygen atoms in total. The Morgan fingerprint density at radius 3 is 2.35 bits per heavy atom. The molecule has 2 aromatic carbocycles. The first-order chi connectivity index (χ1) is 17.4. The minimum atomic E-state index is -4.61. The summed E-state index contributed by atoms with van der Waals surface area (Å²) in [7, 11) is 1.57. The lowest BCUT2D eigenvalue weighted by atomic mass is 9.97. The average Bonchev–Trinajstić information content (AvgIpc) is 3.60. The summed E-state index contributed by atoms with van der Waals surface area (Å²) in [6.07, 6.45) is -0.659. The van der Waals surface area contributed by atoms with Crippen LogP contribution >= 0.6 is 50.7 Å². The van der Waals surface area contributed by atoms with Gasteiger partial charge in [-0.05, 0) is 70.6 Å². The van der Waals surface area contributed by atoms with Crippen LogP contribution in [-0.4, -0.2) is 43.8 Å². The Balaban J connectivity index is 1.73. The fourth-order valence-electron chi connectivity index (χ4n) is 3.60. The molecule has 1 aliphatic carbocycles. The molecule has 0 saturated heterocycles. The molecule has 2 amide bonds. The van der Waals surface area contributed by atoms with Gasteiger partial charge < -0.3 is 15.4 Å². The van der Waals surface area contributed by atoms with Crippen LogP contribution in [0.4, 0.5) is 13.2 Å². The van der Waals surface area contributed by atoms with Crippen LogP contribution in [0.1, 0.15) is 46.7 Å². The minimum absolute atomic E-state index is 0.0219. The lowest BCUT2D eigenvalue weighted by Gasteiger charge is -2.19. The smallest absolute Gasteiger partial charge is 0.385 e. The molecule has 12 heteroatoms. The number of rotatable bonds is 10. The van der Waals surface area contributed by atoms with E-state index in [1.54, 1.807) is 7.11 Å². The van der Waals surface area contributed by atoms with E-state index < -0.39 is 23.5 Å². The number of hydrogen-bond acceptors (Lipinski definition) is 3. The van der Waals surface area contributed by atoms with E-state index in [0.717, 1.165) is 18.2 Å². The third-order valence-corrected chi connectivity index (χ3v) is 7.64. The van der Waals surface area contributed by atoms with E-state index in [1.165, 1.54) is 24.3 Å². The van der Waals surface area contributed by atoms with Crippen LogP contribution < -0.4 is 10.6 Å². The van der Waals surface area contributed by atoms with Crippen molar-refractivity contribution in [3.05, 3.63) is 72.6 Å². The molecule has 1 atom stereocenters. The highest BCUT2D eigenvalue weighted by molar-refractivity contribution is 9.10. The quantitative estimate of drug-likeness (QED) is 0.213. The Kier molecular flexibility index (Phi) is 9.97. The number of benzene rings is 2. The lowest BCUT2D eigenvalue weighted by molar-refractivity contribution is -0.139. The van der Waals surface area contributed by atoms with Crippen molar-refractivity contribution in [3.63, 3.8) is 0 Å². The predicted molar refractivity (Wildman–Crippen MR) is 142 cm³/mol. The van der Waals surface area contributed by atoms with Crippen LogP contribution in [0, 0.1) is 0 Å². The second kappa shape index (κ2) is 12.4. The zero-order valence-electron chi connectivity index (χ0n) is 19.5. The second-order valence-corrected chi connectivity index (χ2v) is 10.6. The van der Waals surface area contributed by atoms with Crippen molar-refractivity contribution in [3.8, 4) is 0 Å². The first-order valence-corrected chi connectivity index (χ1v) is 13.1. The molecule has 1 fully saturated rings. The molecule has 1 saturated carbocycles. The van der Waals surface area contributed by atoms with Crippen molar-refractivity contribution in [2.24, 2.45) is 0 Å². The Morgan fingerprint density at radius 1 is 1.16 bits per heavy atom. The second-order valence-electron chi connectivity index (χ2n) is 8.55. The number of carbonyl (C=O) groups is 2. The summed E-state index contributed by atoms with van der Waals surface area (Å²) in [6.45, 7) is 0.945. The first kappa shape index (κ1) is 29.8. The fraction of sp³-hybridized carbons (Fsp3) is 0.360. The van der Waals surface area contributed by atoms with Crippen LogP contribution in [0.5, 0.6) is 0 Å². The summed E-state index contributed by atoms with van der Waals surface area (Å²) < 4.78 is 46.7. The summed E-state index contributed by atoms with van der Waals surface area (Å²) in [5.41, 5.74) is -0.447. The highest BCUT2D eigenvalue weighted by atomic mass is 79.9. The van der Waals surface area contributed by atoms with Crippen LogP contribution in [0.15, 0.2) is 40.9 Å². The number of methoxy groups -OCH3 is 1. The number of carbonyl (C=O) groups excluding carboxylic acids is 2. The van der Waals surface area contributed by atoms with Gasteiger partial charge in [-0.25, -0.2) is 0 Å². The van der Waals surface area contributed by atoms with E-state index in [4.69, 9.17) is 39.5 Å². The van der Waals surface area contributed by atoms with Crippen LogP contribution in [-0.2, 0) is 9.53 Å². The van der Waals surface area contributed by atoms with Crippen LogP contribution in [0.3, 0.4) is 0 Å². The molecule has 1 unspecified atom stereocenters. The molecule has 0 radical (unpaired) electrons. The van der Waals surface area contributed by atoms with Crippen LogP contribution in [0.25, 0.3) is 6.08 Å². The van der Waals surface area contributed by atoms with E-state index >= 15 is 0 Å². The topological polar surface area (TPSA) is 67.4 Å². The van der Waals surface area contributed by atoms with E-state index in [9.17, 15) is 22.8 Å². The molecule has 1 aliphatic rings. The molecule has 3 rings (SSSR count). The van der Waals surface area contributed by atoms with Gasteiger partial charge in [0.05, 0.1) is 26.5 Å². The van der Waals surface area contributed by atoms with Crippen molar-refractivity contribution in [1.29, 1.82) is 0 Å². The minimum Gasteiger partial charge on any atom is -0.385 e. The highest BCUT2D eigenvalue weighted by Gasteiger charge is 2.51. The summed E-state index contributed by atoms with van der Waals surface area (Å²) in [5, 5.41) is 5.39. The van der Waals surface area contributed by atoms with Gasteiger partial charge in [-0.15, -0.1) is 0 Å². The molecule has 2 aromatic rings. The number of allylic oxidation sites excluding steroid dienone is 1. The van der Waals surface area contributed by atoms with Crippen molar-refractivity contribution < 1.29 is 27.5 Å². The number of alkyl halides is 3. The van der Waals surface area contributed by atoms with Gasteiger partial charge in [0, 0.05) is 24.7 Å². The van der Waals surface area contributed by atoms with Gasteiger partial charge in [0.25, 0.3) is 5.91 Å². The average molecular weight is 643 g/mol. The number of halogens is 7. The molecular weight excluding hydrogens is 620 g/mol. The predicted octanol–water partition coefficient (Wildman–Crippen LogP) is 7.18. The summed E-state index contributed by atoms with van der Waals surface area (Å²) >= 11 is 21.0. The molecule has 200 valence electrons. The Bertz CT molecular complexity index is 1180. The normalized spacial score (nSPS) is 15.5. The molecule has 0 aliphatic heterocycles. The molecule has 37 heavy (non-hydrogen) atoms. The van der Waals surface area contributed by atoms with Gasteiger partial charge in [-0.1, -0.05) is 53.0 Å². The number of nitrogens with one attached hydrogen (secondary N) is 2. The monoisotopic (exact) mass is 640 g/mol. The van der Waals surface area contributed by atoms with Crippen molar-refractivity contribution >= 4 is 68.6 Å². The highest BCUT2D eigenvalue weighted by Crippen LogP contribution is 2.41. The molecule has 2 N–H and O–H groups in total. The summed E-state index contributed by atoms with van der Waals surface area (Å²) in [5.74, 6) is -2.71. The Labute approximate surface area is 235 Å². The summed E-state index contributed by atoms with van der Waals surface area (Å²) in [4.78, 5) is 25.3. The van der Waals surface area contributed by atoms with Gasteiger partial charge in [-0.3, -0.25) is 9.59 Å². The number of ether oxygens (including phenoxy) is 1. The molecule has 0 aromatic heterocycles. The largest absolute Gasteiger partial charge is 0.399 e. The number of hydrogen-bond donors (Lipinski definition) is 2. The van der Waals surface area contributed by atoms with Gasteiger partial charge >= 0.3 is 6.18 Å². The number of amides is 2.